The van der Waals surface area contributed by atoms with Gasteiger partial charge in [0, 0.05) is 50.0 Å². The second kappa shape index (κ2) is 9.75. The third kappa shape index (κ3) is 3.91. The molecule has 5 heteroatoms. The molecule has 0 aliphatic carbocycles. The first-order valence-corrected chi connectivity index (χ1v) is 14.6. The van der Waals surface area contributed by atoms with E-state index in [9.17, 15) is 0 Å². The summed E-state index contributed by atoms with van der Waals surface area (Å²) in [6.45, 7) is 0. The average molecular weight is 565 g/mol. The average Bonchev–Trinajstić information content (AvgIpc) is 3.62. The lowest BCUT2D eigenvalue weighted by Gasteiger charge is -2.11. The van der Waals surface area contributed by atoms with Crippen molar-refractivity contribution in [3.63, 3.8) is 0 Å². The van der Waals surface area contributed by atoms with Crippen LogP contribution in [0.3, 0.4) is 0 Å². The SMILES string of the molecule is c1ccc(-c2nc(-c3ccccc3)nc(-c3cccc(-n4c5ccccc5c5cc6c(cc54)oc4ccccc46)c3)n2)cc1. The van der Waals surface area contributed by atoms with Crippen molar-refractivity contribution in [2.45, 2.75) is 0 Å². The minimum Gasteiger partial charge on any atom is -0.456 e. The monoisotopic (exact) mass is 564 g/mol. The van der Waals surface area contributed by atoms with Crippen molar-refractivity contribution in [1.29, 1.82) is 0 Å². The molecule has 0 amide bonds. The van der Waals surface area contributed by atoms with Gasteiger partial charge in [-0.25, -0.2) is 15.0 Å². The van der Waals surface area contributed by atoms with Gasteiger partial charge < -0.3 is 8.98 Å². The van der Waals surface area contributed by atoms with Crippen LogP contribution >= 0.6 is 0 Å². The van der Waals surface area contributed by atoms with E-state index in [4.69, 9.17) is 19.4 Å². The number of rotatable bonds is 4. The molecule has 0 aliphatic heterocycles. The van der Waals surface area contributed by atoms with Crippen LogP contribution < -0.4 is 0 Å². The minimum atomic E-state index is 0.625. The molecule has 5 nitrogen and oxygen atoms in total. The predicted molar refractivity (Wildman–Crippen MR) is 178 cm³/mol. The fourth-order valence-electron chi connectivity index (χ4n) is 6.19. The lowest BCUT2D eigenvalue weighted by Crippen LogP contribution is -2.01. The number of hydrogen-bond acceptors (Lipinski definition) is 4. The molecule has 0 atom stereocenters. The fourth-order valence-corrected chi connectivity index (χ4v) is 6.19. The Morgan fingerprint density at radius 1 is 0.386 bits per heavy atom. The predicted octanol–water partition coefficient (Wildman–Crippen LogP) is 9.87. The molecule has 6 aromatic carbocycles. The molecular formula is C39H24N4O. The second-order valence-corrected chi connectivity index (χ2v) is 10.9. The van der Waals surface area contributed by atoms with Crippen LogP contribution in [0.5, 0.6) is 0 Å². The number of fused-ring (bicyclic) bond motifs is 6. The van der Waals surface area contributed by atoms with Crippen LogP contribution in [0.4, 0.5) is 0 Å². The molecule has 9 aromatic rings. The van der Waals surface area contributed by atoms with Crippen LogP contribution in [0.1, 0.15) is 0 Å². The summed E-state index contributed by atoms with van der Waals surface area (Å²) in [4.78, 5) is 14.8. The first kappa shape index (κ1) is 24.5. The van der Waals surface area contributed by atoms with Gasteiger partial charge in [0.1, 0.15) is 11.2 Å². The van der Waals surface area contributed by atoms with Crippen molar-refractivity contribution < 1.29 is 4.42 Å². The van der Waals surface area contributed by atoms with Gasteiger partial charge >= 0.3 is 0 Å². The van der Waals surface area contributed by atoms with Gasteiger partial charge in [-0.15, -0.1) is 0 Å². The molecule has 0 bridgehead atoms. The Morgan fingerprint density at radius 3 is 1.70 bits per heavy atom. The van der Waals surface area contributed by atoms with E-state index in [1.165, 1.54) is 10.8 Å². The summed E-state index contributed by atoms with van der Waals surface area (Å²) >= 11 is 0. The van der Waals surface area contributed by atoms with Crippen LogP contribution in [-0.4, -0.2) is 19.5 Å². The van der Waals surface area contributed by atoms with Crippen molar-refractivity contribution in [2.24, 2.45) is 0 Å². The van der Waals surface area contributed by atoms with Crippen LogP contribution in [0.2, 0.25) is 0 Å². The smallest absolute Gasteiger partial charge is 0.164 e. The van der Waals surface area contributed by atoms with E-state index in [1.54, 1.807) is 0 Å². The van der Waals surface area contributed by atoms with Crippen molar-refractivity contribution in [3.05, 3.63) is 146 Å². The number of furan rings is 1. The molecule has 0 unspecified atom stereocenters. The standard InChI is InChI=1S/C39H24N4O/c1-3-12-25(13-4-1)37-40-38(26-14-5-2-6-15-26)42-39(41-37)27-16-11-17-28(22-27)43-33-20-9-7-18-29(33)31-23-32-30-19-8-10-21-35(30)44-36(32)24-34(31)43/h1-24H. The Balaban J connectivity index is 1.27. The van der Waals surface area contributed by atoms with Crippen LogP contribution in [0.15, 0.2) is 150 Å². The third-order valence-electron chi connectivity index (χ3n) is 8.23. The summed E-state index contributed by atoms with van der Waals surface area (Å²) in [6, 6.07) is 49.8. The molecular weight excluding hydrogens is 540 g/mol. The molecule has 206 valence electrons. The molecule has 0 saturated carbocycles. The quantitative estimate of drug-likeness (QED) is 0.213. The van der Waals surface area contributed by atoms with Crippen molar-refractivity contribution in [3.8, 4) is 39.9 Å². The van der Waals surface area contributed by atoms with Gasteiger partial charge in [0.2, 0.25) is 0 Å². The molecule has 9 rings (SSSR count). The van der Waals surface area contributed by atoms with Crippen molar-refractivity contribution in [1.82, 2.24) is 19.5 Å². The fraction of sp³-hybridized carbons (Fsp3) is 0. The van der Waals surface area contributed by atoms with E-state index in [2.05, 4.69) is 77.4 Å². The summed E-state index contributed by atoms with van der Waals surface area (Å²) in [5.41, 5.74) is 7.80. The lowest BCUT2D eigenvalue weighted by atomic mass is 10.1. The summed E-state index contributed by atoms with van der Waals surface area (Å²) in [6.07, 6.45) is 0. The van der Waals surface area contributed by atoms with Gasteiger partial charge in [0.15, 0.2) is 17.5 Å². The lowest BCUT2D eigenvalue weighted by molar-refractivity contribution is 0.669. The summed E-state index contributed by atoms with van der Waals surface area (Å²) in [5, 5.41) is 4.62. The maximum atomic E-state index is 6.31. The zero-order chi connectivity index (χ0) is 29.0. The molecule has 3 aromatic heterocycles. The maximum absolute atomic E-state index is 6.31. The van der Waals surface area contributed by atoms with Gasteiger partial charge in [-0.1, -0.05) is 109 Å². The number of hydrogen-bond donors (Lipinski definition) is 0. The zero-order valence-electron chi connectivity index (χ0n) is 23.6. The van der Waals surface area contributed by atoms with Crippen LogP contribution in [0.25, 0.3) is 83.6 Å². The Hall–Kier alpha value is -6.07. The number of nitrogens with zero attached hydrogens (tertiary/aromatic N) is 4. The first-order chi connectivity index (χ1) is 21.8. The zero-order valence-corrected chi connectivity index (χ0v) is 23.6. The summed E-state index contributed by atoms with van der Waals surface area (Å²) < 4.78 is 8.61. The van der Waals surface area contributed by atoms with E-state index in [-0.39, 0.29) is 0 Å². The second-order valence-electron chi connectivity index (χ2n) is 10.9. The molecule has 0 fully saturated rings. The molecule has 0 radical (unpaired) electrons. The Morgan fingerprint density at radius 2 is 0.977 bits per heavy atom. The number of para-hydroxylation sites is 2. The van der Waals surface area contributed by atoms with E-state index in [0.717, 1.165) is 55.3 Å². The number of benzene rings is 6. The van der Waals surface area contributed by atoms with Crippen LogP contribution in [-0.2, 0) is 0 Å². The first-order valence-electron chi connectivity index (χ1n) is 14.6. The van der Waals surface area contributed by atoms with Crippen molar-refractivity contribution in [2.75, 3.05) is 0 Å². The highest BCUT2D eigenvalue weighted by Crippen LogP contribution is 2.38. The Labute approximate surface area is 252 Å². The van der Waals surface area contributed by atoms with E-state index < -0.39 is 0 Å². The summed E-state index contributed by atoms with van der Waals surface area (Å²) in [7, 11) is 0. The van der Waals surface area contributed by atoms with E-state index >= 15 is 0 Å². The minimum absolute atomic E-state index is 0.625. The molecule has 0 saturated heterocycles. The van der Waals surface area contributed by atoms with Gasteiger partial charge in [-0.05, 0) is 30.3 Å². The molecule has 0 aliphatic rings. The highest BCUT2D eigenvalue weighted by atomic mass is 16.3. The van der Waals surface area contributed by atoms with Gasteiger partial charge in [-0.3, -0.25) is 0 Å². The van der Waals surface area contributed by atoms with E-state index in [1.807, 2.05) is 72.8 Å². The topological polar surface area (TPSA) is 56.7 Å². The largest absolute Gasteiger partial charge is 0.456 e. The molecule has 0 spiro atoms. The van der Waals surface area contributed by atoms with Crippen LogP contribution in [0, 0.1) is 0 Å². The van der Waals surface area contributed by atoms with Gasteiger partial charge in [0.05, 0.1) is 11.0 Å². The van der Waals surface area contributed by atoms with Gasteiger partial charge in [-0.2, -0.15) is 0 Å². The molecule has 0 N–H and O–H groups in total. The Kier molecular flexibility index (Phi) is 5.43. The highest BCUT2D eigenvalue weighted by Gasteiger charge is 2.18. The molecule has 3 heterocycles. The van der Waals surface area contributed by atoms with Gasteiger partial charge in [0.25, 0.3) is 0 Å². The number of aromatic nitrogens is 4. The highest BCUT2D eigenvalue weighted by molar-refractivity contribution is 6.17. The Bertz CT molecular complexity index is 2440. The third-order valence-corrected chi connectivity index (χ3v) is 8.23. The van der Waals surface area contributed by atoms with E-state index in [0.29, 0.717) is 17.5 Å². The normalized spacial score (nSPS) is 11.6. The molecule has 44 heavy (non-hydrogen) atoms. The summed E-state index contributed by atoms with van der Waals surface area (Å²) in [5.74, 6) is 1.91. The van der Waals surface area contributed by atoms with Crippen molar-refractivity contribution >= 4 is 43.7 Å². The maximum Gasteiger partial charge on any atom is 0.164 e.